The first-order valence-corrected chi connectivity index (χ1v) is 11.8. The Morgan fingerprint density at radius 1 is 1.27 bits per heavy atom. The summed E-state index contributed by atoms with van der Waals surface area (Å²) < 4.78 is 27.9. The molecule has 0 bridgehead atoms. The predicted octanol–water partition coefficient (Wildman–Crippen LogP) is 2.19. The van der Waals surface area contributed by atoms with Crippen LogP contribution in [0.2, 0.25) is 0 Å². The van der Waals surface area contributed by atoms with E-state index in [1.165, 1.54) is 22.8 Å². The zero-order valence-electron chi connectivity index (χ0n) is 19.0. The molecule has 0 spiro atoms. The van der Waals surface area contributed by atoms with Crippen molar-refractivity contribution in [2.75, 3.05) is 36.6 Å². The fraction of sp³-hybridized carbons (Fsp3) is 0.318. The molecule has 4 N–H and O–H groups in total. The smallest absolute Gasteiger partial charge is 0.258 e. The number of H-pyrrole nitrogens is 1. The van der Waals surface area contributed by atoms with Gasteiger partial charge in [-0.25, -0.2) is 8.42 Å². The minimum atomic E-state index is -3.78. The maximum absolute atomic E-state index is 13.2. The van der Waals surface area contributed by atoms with Crippen molar-refractivity contribution in [3.05, 3.63) is 59.5 Å². The third kappa shape index (κ3) is 4.16. The van der Waals surface area contributed by atoms with Gasteiger partial charge >= 0.3 is 0 Å². The second-order valence-corrected chi connectivity index (χ2v) is 10.8. The van der Waals surface area contributed by atoms with Gasteiger partial charge in [0.25, 0.3) is 5.91 Å². The standard InChI is InChI=1S/C22H27N7O3S/c1-22(2)13-29(33(31,32)15-6-5-9-24-11-15)12-17-19(22)26-27-20(17)25-21(30)16-8-7-14(28(3)4)10-18(16)23/h5-11H,12-13,23H2,1-4H3,(H2,25,26,27,30). The number of pyridine rings is 1. The van der Waals surface area contributed by atoms with Crippen LogP contribution in [0.1, 0.15) is 35.5 Å². The number of nitrogens with two attached hydrogens (primary N) is 1. The Morgan fingerprint density at radius 3 is 2.67 bits per heavy atom. The van der Waals surface area contributed by atoms with Crippen molar-refractivity contribution in [3.63, 3.8) is 0 Å². The number of rotatable bonds is 5. The number of hydrogen-bond donors (Lipinski definition) is 3. The molecule has 0 unspecified atom stereocenters. The largest absolute Gasteiger partial charge is 0.398 e. The first-order valence-electron chi connectivity index (χ1n) is 10.4. The summed E-state index contributed by atoms with van der Waals surface area (Å²) in [4.78, 5) is 18.9. The molecule has 174 valence electrons. The molecule has 1 aliphatic rings. The number of nitrogens with zero attached hydrogens (tertiary/aromatic N) is 4. The van der Waals surface area contributed by atoms with E-state index >= 15 is 0 Å². The van der Waals surface area contributed by atoms with Crippen molar-refractivity contribution in [2.45, 2.75) is 30.7 Å². The Hall–Kier alpha value is -3.44. The molecule has 1 aromatic carbocycles. The van der Waals surface area contributed by atoms with Crippen LogP contribution < -0.4 is 16.0 Å². The summed E-state index contributed by atoms with van der Waals surface area (Å²) in [5.74, 6) is -0.137. The van der Waals surface area contributed by atoms with Gasteiger partial charge in [0.1, 0.15) is 4.90 Å². The third-order valence-electron chi connectivity index (χ3n) is 5.75. The molecular formula is C22H27N7O3S. The summed E-state index contributed by atoms with van der Waals surface area (Å²) in [5.41, 5.74) is 8.48. The molecule has 0 saturated carbocycles. The highest BCUT2D eigenvalue weighted by Crippen LogP contribution is 2.37. The molecule has 11 heteroatoms. The van der Waals surface area contributed by atoms with E-state index < -0.39 is 21.3 Å². The van der Waals surface area contributed by atoms with Gasteiger partial charge < -0.3 is 16.0 Å². The maximum atomic E-state index is 13.2. The Balaban J connectivity index is 1.65. The van der Waals surface area contributed by atoms with Crippen LogP contribution in [-0.2, 0) is 22.0 Å². The SMILES string of the molecule is CN(C)c1ccc(C(=O)Nc2n[nH]c3c2CN(S(=O)(=O)c2cccnc2)CC3(C)C)c(N)c1. The Bertz CT molecular complexity index is 1300. The third-order valence-corrected chi connectivity index (χ3v) is 7.53. The molecule has 3 heterocycles. The lowest BCUT2D eigenvalue weighted by Crippen LogP contribution is -2.45. The van der Waals surface area contributed by atoms with Crippen LogP contribution in [0.5, 0.6) is 0 Å². The number of nitrogen functional groups attached to an aromatic ring is 1. The highest BCUT2D eigenvalue weighted by molar-refractivity contribution is 7.89. The fourth-order valence-corrected chi connectivity index (χ4v) is 5.50. The van der Waals surface area contributed by atoms with Crippen LogP contribution >= 0.6 is 0 Å². The molecule has 2 aromatic heterocycles. The molecule has 0 saturated heterocycles. The lowest BCUT2D eigenvalue weighted by molar-refractivity contribution is 0.102. The van der Waals surface area contributed by atoms with E-state index in [0.717, 1.165) is 11.4 Å². The molecule has 1 amide bonds. The van der Waals surface area contributed by atoms with Crippen LogP contribution in [-0.4, -0.2) is 54.5 Å². The van der Waals surface area contributed by atoms with Crippen LogP contribution in [0, 0.1) is 0 Å². The second-order valence-electron chi connectivity index (χ2n) is 8.89. The normalized spacial score (nSPS) is 15.6. The van der Waals surface area contributed by atoms with E-state index in [9.17, 15) is 13.2 Å². The number of carbonyl (C=O) groups is 1. The molecule has 0 fully saturated rings. The molecule has 1 aliphatic heterocycles. The number of hydrogen-bond acceptors (Lipinski definition) is 7. The van der Waals surface area contributed by atoms with Crippen LogP contribution in [0.3, 0.4) is 0 Å². The van der Waals surface area contributed by atoms with Gasteiger partial charge in [-0.05, 0) is 30.3 Å². The molecule has 0 atom stereocenters. The predicted molar refractivity (Wildman–Crippen MR) is 127 cm³/mol. The molecule has 10 nitrogen and oxygen atoms in total. The zero-order chi connectivity index (χ0) is 24.0. The quantitative estimate of drug-likeness (QED) is 0.487. The molecular weight excluding hydrogens is 442 g/mol. The molecule has 3 aromatic rings. The van der Waals surface area contributed by atoms with Gasteiger partial charge in [0.2, 0.25) is 10.0 Å². The number of sulfonamides is 1. The summed E-state index contributed by atoms with van der Waals surface area (Å²) in [7, 11) is -0.00593. The maximum Gasteiger partial charge on any atom is 0.258 e. The van der Waals surface area contributed by atoms with Gasteiger partial charge in [0, 0.05) is 67.6 Å². The minimum absolute atomic E-state index is 0.0666. The van der Waals surface area contributed by atoms with Crippen molar-refractivity contribution in [1.29, 1.82) is 0 Å². The van der Waals surface area contributed by atoms with Gasteiger partial charge in [-0.15, -0.1) is 0 Å². The number of aromatic nitrogens is 3. The lowest BCUT2D eigenvalue weighted by Gasteiger charge is -2.36. The lowest BCUT2D eigenvalue weighted by atomic mass is 9.84. The second kappa shape index (κ2) is 8.16. The van der Waals surface area contributed by atoms with Crippen molar-refractivity contribution in [3.8, 4) is 0 Å². The van der Waals surface area contributed by atoms with Gasteiger partial charge in [0.15, 0.2) is 5.82 Å². The van der Waals surface area contributed by atoms with Gasteiger partial charge in [-0.2, -0.15) is 9.40 Å². The van der Waals surface area contributed by atoms with Gasteiger partial charge in [0.05, 0.1) is 5.56 Å². The van der Waals surface area contributed by atoms with Gasteiger partial charge in [-0.1, -0.05) is 13.8 Å². The first-order chi connectivity index (χ1) is 15.5. The van der Waals surface area contributed by atoms with Crippen LogP contribution in [0.4, 0.5) is 17.2 Å². The van der Waals surface area contributed by atoms with E-state index in [-0.39, 0.29) is 23.8 Å². The average Bonchev–Trinajstić information content (AvgIpc) is 3.17. The van der Waals surface area contributed by atoms with Crippen molar-refractivity contribution in [2.24, 2.45) is 0 Å². The molecule has 4 rings (SSSR count). The number of carbonyl (C=O) groups excluding carboxylic acids is 1. The van der Waals surface area contributed by atoms with Crippen molar-refractivity contribution >= 4 is 33.1 Å². The molecule has 0 radical (unpaired) electrons. The van der Waals surface area contributed by atoms with Gasteiger partial charge in [-0.3, -0.25) is 14.9 Å². The van der Waals surface area contributed by atoms with E-state index in [2.05, 4.69) is 20.5 Å². The summed E-state index contributed by atoms with van der Waals surface area (Å²) in [6, 6.07) is 8.28. The molecule has 0 aliphatic carbocycles. The number of anilines is 3. The van der Waals surface area contributed by atoms with Crippen molar-refractivity contribution in [1.82, 2.24) is 19.5 Å². The number of fused-ring (bicyclic) bond motifs is 1. The van der Waals surface area contributed by atoms with Crippen LogP contribution in [0.15, 0.2) is 47.6 Å². The zero-order valence-corrected chi connectivity index (χ0v) is 19.8. The highest BCUT2D eigenvalue weighted by atomic mass is 32.2. The summed E-state index contributed by atoms with van der Waals surface area (Å²) in [5, 5.41) is 10.1. The van der Waals surface area contributed by atoms with E-state index in [1.54, 1.807) is 24.3 Å². The summed E-state index contributed by atoms with van der Waals surface area (Å²) in [6.45, 7) is 4.18. The summed E-state index contributed by atoms with van der Waals surface area (Å²) in [6.07, 6.45) is 2.85. The Morgan fingerprint density at radius 2 is 2.03 bits per heavy atom. The number of nitrogens with one attached hydrogen (secondary N) is 2. The monoisotopic (exact) mass is 469 g/mol. The van der Waals surface area contributed by atoms with Crippen molar-refractivity contribution < 1.29 is 13.2 Å². The Labute approximate surface area is 192 Å². The molecule has 33 heavy (non-hydrogen) atoms. The average molecular weight is 470 g/mol. The highest BCUT2D eigenvalue weighted by Gasteiger charge is 2.41. The van der Waals surface area contributed by atoms with E-state index in [4.69, 9.17) is 5.73 Å². The minimum Gasteiger partial charge on any atom is -0.398 e. The topological polar surface area (TPSA) is 137 Å². The van der Waals surface area contributed by atoms with E-state index in [0.29, 0.717) is 16.8 Å². The number of benzene rings is 1. The van der Waals surface area contributed by atoms with Crippen LogP contribution in [0.25, 0.3) is 0 Å². The van der Waals surface area contributed by atoms with E-state index in [1.807, 2.05) is 32.8 Å². The first kappa shape index (κ1) is 22.7. The number of aromatic amines is 1. The summed E-state index contributed by atoms with van der Waals surface area (Å²) >= 11 is 0. The number of amides is 1. The fourth-order valence-electron chi connectivity index (χ4n) is 3.96. The Kier molecular flexibility index (Phi) is 5.62.